The molecule has 2 atom stereocenters. The molecular formula is C24H29N5O6S. The number of nitrogens with two attached hydrogens (primary N) is 1. The molecular weight excluding hydrogens is 486 g/mol. The molecule has 1 saturated carbocycles. The van der Waals surface area contributed by atoms with E-state index in [0.717, 1.165) is 18.5 Å². The van der Waals surface area contributed by atoms with Crippen LogP contribution in [0.2, 0.25) is 0 Å². The summed E-state index contributed by atoms with van der Waals surface area (Å²) >= 11 is 0. The highest BCUT2D eigenvalue weighted by Crippen LogP contribution is 2.41. The molecule has 1 aliphatic heterocycles. The maximum atomic E-state index is 12.7. The number of benzene rings is 1. The number of hydrogen-bond acceptors (Lipinski definition) is 8. The number of carboxylic acid groups (broad SMARTS) is 1. The fourth-order valence-corrected chi connectivity index (χ4v) is 5.67. The highest BCUT2D eigenvalue weighted by atomic mass is 32.2. The smallest absolute Gasteiger partial charge is 0.323 e. The molecule has 12 heteroatoms. The van der Waals surface area contributed by atoms with Crippen molar-refractivity contribution in [3.05, 3.63) is 72.2 Å². The first kappa shape index (κ1) is 25.8. The molecule has 2 aromatic rings. The second kappa shape index (κ2) is 10.7. The summed E-state index contributed by atoms with van der Waals surface area (Å²) in [5.41, 5.74) is 9.38. The molecule has 6 N–H and O–H groups in total. The van der Waals surface area contributed by atoms with E-state index >= 15 is 0 Å². The van der Waals surface area contributed by atoms with Crippen molar-refractivity contribution in [2.24, 2.45) is 11.7 Å². The van der Waals surface area contributed by atoms with Crippen molar-refractivity contribution >= 4 is 21.9 Å². The quantitative estimate of drug-likeness (QED) is 0.326. The lowest BCUT2D eigenvalue weighted by Crippen LogP contribution is -2.48. The van der Waals surface area contributed by atoms with Crippen molar-refractivity contribution in [1.82, 2.24) is 20.5 Å². The number of carbonyl (C=O) groups excluding carboxylic acids is 1. The van der Waals surface area contributed by atoms with Crippen LogP contribution in [-0.4, -0.2) is 48.6 Å². The van der Waals surface area contributed by atoms with Crippen LogP contribution in [0.5, 0.6) is 0 Å². The molecule has 11 nitrogen and oxygen atoms in total. The lowest BCUT2D eigenvalue weighted by molar-refractivity contribution is -0.138. The maximum absolute atomic E-state index is 12.7. The minimum Gasteiger partial charge on any atom is -0.480 e. The molecule has 1 unspecified atom stereocenters. The van der Waals surface area contributed by atoms with Crippen LogP contribution in [0.3, 0.4) is 0 Å². The summed E-state index contributed by atoms with van der Waals surface area (Å²) in [6.07, 6.45) is 6.29. The van der Waals surface area contributed by atoms with Crippen LogP contribution >= 0.6 is 0 Å². The average Bonchev–Trinajstić information content (AvgIpc) is 3.30. The fraction of sp³-hybridized carbons (Fsp3) is 0.375. The van der Waals surface area contributed by atoms with E-state index < -0.39 is 40.1 Å². The van der Waals surface area contributed by atoms with Crippen molar-refractivity contribution in [1.29, 1.82) is 0 Å². The van der Waals surface area contributed by atoms with Crippen molar-refractivity contribution < 1.29 is 28.0 Å². The number of sulfonamides is 1. The Bertz CT molecular complexity index is 1210. The van der Waals surface area contributed by atoms with E-state index in [4.69, 9.17) is 10.6 Å². The highest BCUT2D eigenvalue weighted by molar-refractivity contribution is 7.89. The minimum absolute atomic E-state index is 0.0727. The van der Waals surface area contributed by atoms with Gasteiger partial charge in [0, 0.05) is 18.8 Å². The van der Waals surface area contributed by atoms with Crippen LogP contribution in [0.1, 0.15) is 37.4 Å². The maximum Gasteiger partial charge on any atom is 0.323 e. The average molecular weight is 516 g/mol. The molecule has 2 aliphatic rings. The van der Waals surface area contributed by atoms with Gasteiger partial charge in [-0.3, -0.25) is 24.9 Å². The van der Waals surface area contributed by atoms with Crippen LogP contribution in [0, 0.1) is 5.92 Å². The fourth-order valence-electron chi connectivity index (χ4n) is 4.46. The molecule has 2 heterocycles. The number of hydrogen-bond donors (Lipinski definition) is 5. The molecule has 36 heavy (non-hydrogen) atoms. The van der Waals surface area contributed by atoms with E-state index in [9.17, 15) is 23.1 Å². The van der Waals surface area contributed by atoms with Gasteiger partial charge >= 0.3 is 5.97 Å². The Labute approximate surface area is 209 Å². The molecule has 0 saturated heterocycles. The second-order valence-corrected chi connectivity index (χ2v) is 10.7. The van der Waals surface area contributed by atoms with Crippen molar-refractivity contribution in [2.45, 2.75) is 48.3 Å². The molecule has 4 rings (SSSR count). The van der Waals surface area contributed by atoms with Crippen molar-refractivity contribution in [3.63, 3.8) is 0 Å². The SMILES string of the molecule is NC(c1ccccn1)C1CCC2(C=C(C(=O)NC[C@H](NS(=O)(=O)c3ccccc3)C(=O)O)NO2)CC1. The third-order valence-corrected chi connectivity index (χ3v) is 8.03. The van der Waals surface area contributed by atoms with E-state index in [-0.39, 0.29) is 22.6 Å². The van der Waals surface area contributed by atoms with Gasteiger partial charge < -0.3 is 16.2 Å². The number of carboxylic acids is 1. The molecule has 0 bridgehead atoms. The van der Waals surface area contributed by atoms with E-state index in [1.165, 1.54) is 24.3 Å². The zero-order valence-corrected chi connectivity index (χ0v) is 20.3. The first-order valence-corrected chi connectivity index (χ1v) is 13.1. The summed E-state index contributed by atoms with van der Waals surface area (Å²) in [5.74, 6) is -1.78. The van der Waals surface area contributed by atoms with Crippen molar-refractivity contribution in [3.8, 4) is 0 Å². The van der Waals surface area contributed by atoms with Gasteiger partial charge in [0.15, 0.2) is 0 Å². The van der Waals surface area contributed by atoms with Crippen LogP contribution in [0.25, 0.3) is 0 Å². The van der Waals surface area contributed by atoms with E-state index in [0.29, 0.717) is 12.8 Å². The Morgan fingerprint density at radius 1 is 1.17 bits per heavy atom. The van der Waals surface area contributed by atoms with Gasteiger partial charge in [-0.25, -0.2) is 8.42 Å². The Hall–Kier alpha value is -3.32. The Morgan fingerprint density at radius 2 is 1.86 bits per heavy atom. The zero-order valence-electron chi connectivity index (χ0n) is 19.5. The first-order valence-electron chi connectivity index (χ1n) is 11.6. The number of rotatable bonds is 9. The number of aliphatic carboxylic acids is 1. The molecule has 0 radical (unpaired) electrons. The second-order valence-electron chi connectivity index (χ2n) is 8.98. The molecule has 1 aromatic carbocycles. The van der Waals surface area contributed by atoms with Crippen LogP contribution < -0.4 is 21.3 Å². The number of nitrogens with one attached hydrogen (secondary N) is 3. The molecule has 192 valence electrons. The van der Waals surface area contributed by atoms with Gasteiger partial charge in [0.2, 0.25) is 10.0 Å². The van der Waals surface area contributed by atoms with Gasteiger partial charge in [-0.05, 0) is 61.9 Å². The number of pyridine rings is 1. The summed E-state index contributed by atoms with van der Waals surface area (Å²) in [5, 5.41) is 11.9. The number of hydroxylamine groups is 1. The lowest BCUT2D eigenvalue weighted by atomic mass is 9.75. The number of aromatic nitrogens is 1. The van der Waals surface area contributed by atoms with E-state index in [2.05, 4.69) is 20.5 Å². The summed E-state index contributed by atoms with van der Waals surface area (Å²) in [6.45, 7) is -0.451. The van der Waals surface area contributed by atoms with Crippen molar-refractivity contribution in [2.75, 3.05) is 6.54 Å². The standard InChI is InChI=1S/C24H29N5O6S/c25-21(18-8-4-5-13-26-18)16-9-11-24(12-10-16)14-19(28-35-24)22(30)27-15-20(23(31)32)29-36(33,34)17-6-2-1-3-7-17/h1-8,13-14,16,20-21,28-29H,9-12,15,25H2,(H,27,30)(H,31,32)/t16?,20-,21?,24?/m0/s1. The molecule has 1 aliphatic carbocycles. The topological polar surface area (TPSA) is 173 Å². The van der Waals surface area contributed by atoms with Gasteiger partial charge in [0.25, 0.3) is 5.91 Å². The molecule has 1 amide bonds. The Balaban J connectivity index is 1.33. The zero-order chi connectivity index (χ0) is 25.8. The lowest BCUT2D eigenvalue weighted by Gasteiger charge is -2.36. The van der Waals surface area contributed by atoms with Gasteiger partial charge in [-0.1, -0.05) is 24.3 Å². The monoisotopic (exact) mass is 515 g/mol. The van der Waals surface area contributed by atoms with Gasteiger partial charge in [-0.15, -0.1) is 0 Å². The van der Waals surface area contributed by atoms with E-state index in [1.54, 1.807) is 18.3 Å². The van der Waals surface area contributed by atoms with Gasteiger partial charge in [-0.2, -0.15) is 4.72 Å². The van der Waals surface area contributed by atoms with Crippen LogP contribution in [0.15, 0.2) is 71.4 Å². The first-order chi connectivity index (χ1) is 17.2. The molecule has 1 spiro atoms. The van der Waals surface area contributed by atoms with E-state index in [1.807, 2.05) is 18.2 Å². The number of carbonyl (C=O) groups is 2. The minimum atomic E-state index is -4.08. The van der Waals surface area contributed by atoms with Crippen LogP contribution in [-0.2, 0) is 24.4 Å². The third kappa shape index (κ3) is 5.90. The highest BCUT2D eigenvalue weighted by Gasteiger charge is 2.42. The Kier molecular flexibility index (Phi) is 7.69. The normalized spacial score (nSPS) is 23.4. The summed E-state index contributed by atoms with van der Waals surface area (Å²) in [4.78, 5) is 34.3. The number of amides is 1. The van der Waals surface area contributed by atoms with Gasteiger partial charge in [0.05, 0.1) is 10.6 Å². The van der Waals surface area contributed by atoms with Crippen LogP contribution in [0.4, 0.5) is 0 Å². The van der Waals surface area contributed by atoms with Gasteiger partial charge in [0.1, 0.15) is 17.3 Å². The molecule has 1 fully saturated rings. The largest absolute Gasteiger partial charge is 0.480 e. The summed E-state index contributed by atoms with van der Waals surface area (Å²) in [7, 11) is -4.08. The third-order valence-electron chi connectivity index (χ3n) is 6.55. The predicted octanol–water partition coefficient (Wildman–Crippen LogP) is 0.977. The predicted molar refractivity (Wildman–Crippen MR) is 129 cm³/mol. The summed E-state index contributed by atoms with van der Waals surface area (Å²) < 4.78 is 27.1. The Morgan fingerprint density at radius 3 is 2.50 bits per heavy atom. The molecule has 1 aromatic heterocycles. The summed E-state index contributed by atoms with van der Waals surface area (Å²) in [6, 6.07) is 11.3. The number of nitrogens with zero attached hydrogens (tertiary/aromatic N) is 1.